The molecule has 1 nitrogen and oxygen atoms in total. The fourth-order valence-corrected chi connectivity index (χ4v) is 3.95. The standard InChI is InChI=1S/C16H26O/c1-4-13-11-15(5-2,6-3)12-14(17)16(13)9-7-8-10-16/h11H,4-10,12H2,1-3H3. The summed E-state index contributed by atoms with van der Waals surface area (Å²) in [6.07, 6.45) is 11.3. The molecule has 0 unspecified atom stereocenters. The summed E-state index contributed by atoms with van der Waals surface area (Å²) in [6.45, 7) is 6.68. The van der Waals surface area contributed by atoms with Gasteiger partial charge in [-0.25, -0.2) is 0 Å². The van der Waals surface area contributed by atoms with E-state index in [0.29, 0.717) is 5.78 Å². The molecule has 1 heteroatoms. The molecular weight excluding hydrogens is 208 g/mol. The molecule has 2 rings (SSSR count). The third kappa shape index (κ3) is 1.88. The molecule has 0 atom stereocenters. The first kappa shape index (κ1) is 12.9. The molecule has 0 aromatic rings. The van der Waals surface area contributed by atoms with Crippen molar-refractivity contribution in [2.75, 3.05) is 0 Å². The van der Waals surface area contributed by atoms with Crippen LogP contribution in [0.3, 0.4) is 0 Å². The molecule has 17 heavy (non-hydrogen) atoms. The van der Waals surface area contributed by atoms with Crippen LogP contribution >= 0.6 is 0 Å². The maximum Gasteiger partial charge on any atom is 0.143 e. The van der Waals surface area contributed by atoms with Gasteiger partial charge in [0.05, 0.1) is 0 Å². The number of hydrogen-bond acceptors (Lipinski definition) is 1. The molecular formula is C16H26O. The Kier molecular flexibility index (Phi) is 3.47. The first-order valence-electron chi connectivity index (χ1n) is 7.38. The molecule has 1 fully saturated rings. The Morgan fingerprint density at radius 2 is 1.71 bits per heavy atom. The van der Waals surface area contributed by atoms with E-state index in [2.05, 4.69) is 26.8 Å². The summed E-state index contributed by atoms with van der Waals surface area (Å²) in [5, 5.41) is 0. The zero-order valence-electron chi connectivity index (χ0n) is 11.6. The summed E-state index contributed by atoms with van der Waals surface area (Å²) in [4.78, 5) is 12.7. The molecule has 0 N–H and O–H groups in total. The second kappa shape index (κ2) is 4.59. The number of ketones is 1. The Morgan fingerprint density at radius 1 is 1.12 bits per heavy atom. The van der Waals surface area contributed by atoms with Crippen LogP contribution in [-0.4, -0.2) is 5.78 Å². The summed E-state index contributed by atoms with van der Waals surface area (Å²) < 4.78 is 0. The second-order valence-electron chi connectivity index (χ2n) is 5.98. The highest BCUT2D eigenvalue weighted by molar-refractivity contribution is 5.90. The quantitative estimate of drug-likeness (QED) is 0.649. The average Bonchev–Trinajstić information content (AvgIpc) is 2.84. The largest absolute Gasteiger partial charge is 0.299 e. The zero-order valence-corrected chi connectivity index (χ0v) is 11.6. The van der Waals surface area contributed by atoms with E-state index >= 15 is 0 Å². The molecule has 0 bridgehead atoms. The van der Waals surface area contributed by atoms with Crippen molar-refractivity contribution in [2.24, 2.45) is 10.8 Å². The van der Waals surface area contributed by atoms with Crippen LogP contribution in [-0.2, 0) is 4.79 Å². The van der Waals surface area contributed by atoms with Gasteiger partial charge in [-0.2, -0.15) is 0 Å². The van der Waals surface area contributed by atoms with Crippen LogP contribution < -0.4 is 0 Å². The number of Topliss-reactive ketones (excluding diaryl/α,β-unsaturated/α-hetero) is 1. The highest BCUT2D eigenvalue weighted by Crippen LogP contribution is 2.54. The van der Waals surface area contributed by atoms with Crippen molar-refractivity contribution >= 4 is 5.78 Å². The minimum atomic E-state index is -0.0252. The first-order chi connectivity index (χ1) is 8.12. The highest BCUT2D eigenvalue weighted by atomic mass is 16.1. The van der Waals surface area contributed by atoms with Gasteiger partial charge < -0.3 is 0 Å². The fraction of sp³-hybridized carbons (Fsp3) is 0.812. The topological polar surface area (TPSA) is 17.1 Å². The van der Waals surface area contributed by atoms with E-state index in [-0.39, 0.29) is 10.8 Å². The molecule has 96 valence electrons. The number of carbonyl (C=O) groups is 1. The molecule has 0 aliphatic heterocycles. The van der Waals surface area contributed by atoms with E-state index in [1.54, 1.807) is 0 Å². The Hall–Kier alpha value is -0.590. The van der Waals surface area contributed by atoms with Gasteiger partial charge in [-0.05, 0) is 37.5 Å². The van der Waals surface area contributed by atoms with Gasteiger partial charge in [0.1, 0.15) is 5.78 Å². The number of rotatable bonds is 3. The summed E-state index contributed by atoms with van der Waals surface area (Å²) >= 11 is 0. The van der Waals surface area contributed by atoms with Crippen molar-refractivity contribution in [1.29, 1.82) is 0 Å². The average molecular weight is 234 g/mol. The van der Waals surface area contributed by atoms with Gasteiger partial charge in [-0.15, -0.1) is 0 Å². The fourth-order valence-electron chi connectivity index (χ4n) is 3.95. The van der Waals surface area contributed by atoms with Crippen LogP contribution in [0.15, 0.2) is 11.6 Å². The lowest BCUT2D eigenvalue weighted by Gasteiger charge is -2.42. The summed E-state index contributed by atoms with van der Waals surface area (Å²) in [5.74, 6) is 0.554. The van der Waals surface area contributed by atoms with Crippen molar-refractivity contribution in [2.45, 2.75) is 72.1 Å². The Balaban J connectivity index is 2.42. The van der Waals surface area contributed by atoms with Crippen molar-refractivity contribution in [1.82, 2.24) is 0 Å². The molecule has 1 spiro atoms. The first-order valence-corrected chi connectivity index (χ1v) is 7.38. The SMILES string of the molecule is CCC1=CC(CC)(CC)CC(=O)C12CCCC2. The van der Waals surface area contributed by atoms with E-state index in [0.717, 1.165) is 38.5 Å². The van der Waals surface area contributed by atoms with Gasteiger partial charge in [-0.3, -0.25) is 4.79 Å². The normalized spacial score (nSPS) is 26.3. The van der Waals surface area contributed by atoms with E-state index in [1.807, 2.05) is 0 Å². The lowest BCUT2D eigenvalue weighted by molar-refractivity contribution is -0.129. The van der Waals surface area contributed by atoms with E-state index in [4.69, 9.17) is 0 Å². The lowest BCUT2D eigenvalue weighted by atomic mass is 9.60. The number of hydrogen-bond donors (Lipinski definition) is 0. The van der Waals surface area contributed by atoms with Crippen LogP contribution in [0.1, 0.15) is 72.1 Å². The Labute approximate surface area is 106 Å². The monoisotopic (exact) mass is 234 g/mol. The molecule has 0 amide bonds. The van der Waals surface area contributed by atoms with Gasteiger partial charge in [0, 0.05) is 11.8 Å². The maximum absolute atomic E-state index is 12.7. The number of carbonyl (C=O) groups excluding carboxylic acids is 1. The zero-order chi connectivity index (χ0) is 12.5. The minimum absolute atomic E-state index is 0.0252. The van der Waals surface area contributed by atoms with E-state index in [1.165, 1.54) is 18.4 Å². The van der Waals surface area contributed by atoms with E-state index < -0.39 is 0 Å². The summed E-state index contributed by atoms with van der Waals surface area (Å²) in [6, 6.07) is 0. The smallest absolute Gasteiger partial charge is 0.143 e. The second-order valence-corrected chi connectivity index (χ2v) is 5.98. The summed E-state index contributed by atoms with van der Waals surface area (Å²) in [7, 11) is 0. The van der Waals surface area contributed by atoms with Crippen LogP contribution in [0.4, 0.5) is 0 Å². The van der Waals surface area contributed by atoms with Crippen LogP contribution in [0.25, 0.3) is 0 Å². The van der Waals surface area contributed by atoms with Crippen molar-refractivity contribution in [3.8, 4) is 0 Å². The van der Waals surface area contributed by atoms with Crippen LogP contribution in [0.5, 0.6) is 0 Å². The predicted octanol–water partition coefficient (Wildman–Crippen LogP) is 4.66. The molecule has 0 aromatic heterocycles. The molecule has 1 saturated carbocycles. The van der Waals surface area contributed by atoms with Crippen LogP contribution in [0.2, 0.25) is 0 Å². The van der Waals surface area contributed by atoms with Crippen molar-refractivity contribution < 1.29 is 4.79 Å². The predicted molar refractivity (Wildman–Crippen MR) is 71.9 cm³/mol. The molecule has 0 saturated heterocycles. The maximum atomic E-state index is 12.7. The number of allylic oxidation sites excluding steroid dienone is 2. The molecule has 2 aliphatic rings. The summed E-state index contributed by atoms with van der Waals surface area (Å²) in [5.41, 5.74) is 1.62. The lowest BCUT2D eigenvalue weighted by Crippen LogP contribution is -2.39. The van der Waals surface area contributed by atoms with Gasteiger partial charge in [0.25, 0.3) is 0 Å². The minimum Gasteiger partial charge on any atom is -0.299 e. The van der Waals surface area contributed by atoms with Crippen molar-refractivity contribution in [3.05, 3.63) is 11.6 Å². The van der Waals surface area contributed by atoms with Gasteiger partial charge in [0.2, 0.25) is 0 Å². The van der Waals surface area contributed by atoms with Gasteiger partial charge in [0.15, 0.2) is 0 Å². The van der Waals surface area contributed by atoms with Gasteiger partial charge in [-0.1, -0.05) is 45.3 Å². The van der Waals surface area contributed by atoms with Crippen LogP contribution in [0, 0.1) is 10.8 Å². The molecule has 0 radical (unpaired) electrons. The van der Waals surface area contributed by atoms with E-state index in [9.17, 15) is 4.79 Å². The van der Waals surface area contributed by atoms with Gasteiger partial charge >= 0.3 is 0 Å². The molecule has 0 aromatic carbocycles. The third-order valence-corrected chi connectivity index (χ3v) is 5.39. The Bertz CT molecular complexity index is 327. The Morgan fingerprint density at radius 3 is 2.18 bits per heavy atom. The molecule has 0 heterocycles. The molecule has 2 aliphatic carbocycles. The third-order valence-electron chi connectivity index (χ3n) is 5.39. The van der Waals surface area contributed by atoms with Crippen molar-refractivity contribution in [3.63, 3.8) is 0 Å². The highest BCUT2D eigenvalue weighted by Gasteiger charge is 2.48.